The van der Waals surface area contributed by atoms with Crippen LogP contribution in [0.15, 0.2) is 28.6 Å². The number of hydrogen-bond donors (Lipinski definition) is 2. The molecule has 1 aliphatic rings. The van der Waals surface area contributed by atoms with Crippen LogP contribution in [0, 0.1) is 5.82 Å². The van der Waals surface area contributed by atoms with E-state index in [9.17, 15) is 4.39 Å². The van der Waals surface area contributed by atoms with Crippen molar-refractivity contribution in [3.63, 3.8) is 0 Å². The highest BCUT2D eigenvalue weighted by Gasteiger charge is 2.13. The normalized spacial score (nSPS) is 15.9. The molecule has 1 aromatic carbocycles. The van der Waals surface area contributed by atoms with Crippen molar-refractivity contribution < 1.29 is 9.29 Å². The van der Waals surface area contributed by atoms with E-state index in [0.717, 1.165) is 10.1 Å². The maximum absolute atomic E-state index is 13.1. The van der Waals surface area contributed by atoms with E-state index < -0.39 is 0 Å². The molecule has 1 saturated heterocycles. The third-order valence-corrected chi connectivity index (χ3v) is 5.70. The molecule has 0 unspecified atom stereocenters. The summed E-state index contributed by atoms with van der Waals surface area (Å²) in [5.74, 6) is 0.817. The van der Waals surface area contributed by atoms with Gasteiger partial charge in [-0.3, -0.25) is 0 Å². The first kappa shape index (κ1) is 15.7. The summed E-state index contributed by atoms with van der Waals surface area (Å²) in [6.45, 7) is 3.81. The van der Waals surface area contributed by atoms with Crippen LogP contribution >= 0.6 is 23.1 Å². The van der Waals surface area contributed by atoms with Crippen LogP contribution in [0.1, 0.15) is 19.3 Å². The zero-order valence-electron chi connectivity index (χ0n) is 12.3. The summed E-state index contributed by atoms with van der Waals surface area (Å²) in [6, 6.07) is 6.37. The molecule has 7 heteroatoms. The highest BCUT2D eigenvalue weighted by molar-refractivity contribution is 8.01. The molecule has 2 aromatic rings. The summed E-state index contributed by atoms with van der Waals surface area (Å²) in [5.41, 5.74) is 0.700. The summed E-state index contributed by atoms with van der Waals surface area (Å²) in [7, 11) is 0. The van der Waals surface area contributed by atoms with Gasteiger partial charge in [0.1, 0.15) is 5.82 Å². The Balaban J connectivity index is 1.46. The van der Waals surface area contributed by atoms with Gasteiger partial charge in [0, 0.05) is 11.4 Å². The molecular formula is C15H20FN4S2+. The molecule has 118 valence electrons. The first-order chi connectivity index (χ1) is 10.8. The minimum Gasteiger partial charge on any atom is -0.334 e. The molecule has 0 atom stereocenters. The van der Waals surface area contributed by atoms with Crippen LogP contribution in [0.5, 0.6) is 0 Å². The smallest absolute Gasteiger partial charge is 0.210 e. The minimum absolute atomic E-state index is 0.256. The number of thioether (sulfide) groups is 1. The third kappa shape index (κ3) is 4.66. The van der Waals surface area contributed by atoms with Gasteiger partial charge < -0.3 is 10.2 Å². The average Bonchev–Trinajstić information content (AvgIpc) is 2.96. The van der Waals surface area contributed by atoms with E-state index in [1.807, 2.05) is 6.07 Å². The van der Waals surface area contributed by atoms with E-state index in [4.69, 9.17) is 0 Å². The van der Waals surface area contributed by atoms with Crippen molar-refractivity contribution in [3.05, 3.63) is 30.1 Å². The number of nitrogens with one attached hydrogen (secondary N) is 2. The molecule has 0 aliphatic carbocycles. The van der Waals surface area contributed by atoms with Crippen molar-refractivity contribution in [2.45, 2.75) is 23.6 Å². The lowest BCUT2D eigenvalue weighted by atomic mass is 10.1. The van der Waals surface area contributed by atoms with Crippen molar-refractivity contribution in [2.24, 2.45) is 0 Å². The fourth-order valence-corrected chi connectivity index (χ4v) is 4.48. The Morgan fingerprint density at radius 2 is 2.09 bits per heavy atom. The average molecular weight is 339 g/mol. The van der Waals surface area contributed by atoms with Crippen LogP contribution in [0.4, 0.5) is 15.2 Å². The van der Waals surface area contributed by atoms with Gasteiger partial charge in [0.2, 0.25) is 5.13 Å². The van der Waals surface area contributed by atoms with Gasteiger partial charge in [-0.1, -0.05) is 29.2 Å². The molecule has 1 aromatic heterocycles. The number of likely N-dealkylation sites (tertiary alicyclic amines) is 1. The summed E-state index contributed by atoms with van der Waals surface area (Å²) in [6.07, 6.45) is 4.11. The number of anilines is 2. The first-order valence-electron chi connectivity index (χ1n) is 7.62. The number of benzene rings is 1. The molecule has 1 fully saturated rings. The molecule has 0 amide bonds. The van der Waals surface area contributed by atoms with E-state index in [-0.39, 0.29) is 5.82 Å². The molecule has 0 bridgehead atoms. The number of quaternary nitrogens is 1. The monoisotopic (exact) mass is 339 g/mol. The maximum atomic E-state index is 13.1. The topological polar surface area (TPSA) is 42.2 Å². The summed E-state index contributed by atoms with van der Waals surface area (Å²) in [5, 5.41) is 12.1. The van der Waals surface area contributed by atoms with Crippen LogP contribution in [0.3, 0.4) is 0 Å². The Kier molecular flexibility index (Phi) is 5.64. The van der Waals surface area contributed by atoms with Gasteiger partial charge in [-0.05, 0) is 37.5 Å². The Morgan fingerprint density at radius 1 is 1.23 bits per heavy atom. The second-order valence-corrected chi connectivity index (χ2v) is 7.74. The lowest BCUT2D eigenvalue weighted by Crippen LogP contribution is -3.13. The molecule has 3 rings (SSSR count). The lowest BCUT2D eigenvalue weighted by molar-refractivity contribution is -0.902. The molecule has 0 saturated carbocycles. The fraction of sp³-hybridized carbons (Fsp3) is 0.467. The predicted molar refractivity (Wildman–Crippen MR) is 89.7 cm³/mol. The van der Waals surface area contributed by atoms with E-state index in [2.05, 4.69) is 15.5 Å². The molecule has 1 aliphatic heterocycles. The standard InChI is InChI=1S/C15H19FN4S2/c16-12-5-4-6-13(11-12)17-14-18-19-15(22-14)21-10-9-20-7-2-1-3-8-20/h4-6,11H,1-3,7-10H2,(H,17,18)/p+1. The summed E-state index contributed by atoms with van der Waals surface area (Å²) >= 11 is 3.28. The van der Waals surface area contributed by atoms with Crippen molar-refractivity contribution in [3.8, 4) is 0 Å². The van der Waals surface area contributed by atoms with Crippen molar-refractivity contribution >= 4 is 33.9 Å². The number of hydrogen-bond acceptors (Lipinski definition) is 5. The van der Waals surface area contributed by atoms with Crippen molar-refractivity contribution in [1.29, 1.82) is 0 Å². The Labute approximate surface area is 138 Å². The van der Waals surface area contributed by atoms with E-state index >= 15 is 0 Å². The van der Waals surface area contributed by atoms with Gasteiger partial charge in [0.25, 0.3) is 0 Å². The second-order valence-electron chi connectivity index (χ2n) is 5.42. The van der Waals surface area contributed by atoms with Crippen molar-refractivity contribution in [1.82, 2.24) is 10.2 Å². The zero-order chi connectivity index (χ0) is 15.2. The molecule has 0 spiro atoms. The Morgan fingerprint density at radius 3 is 2.91 bits per heavy atom. The van der Waals surface area contributed by atoms with Crippen LogP contribution < -0.4 is 10.2 Å². The summed E-state index contributed by atoms with van der Waals surface area (Å²) in [4.78, 5) is 1.71. The molecule has 2 heterocycles. The number of halogens is 1. The van der Waals surface area contributed by atoms with Crippen LogP contribution in [-0.4, -0.2) is 35.6 Å². The van der Waals surface area contributed by atoms with Gasteiger partial charge in [-0.2, -0.15) is 0 Å². The first-order valence-corrected chi connectivity index (χ1v) is 9.42. The second kappa shape index (κ2) is 7.89. The van der Waals surface area contributed by atoms with E-state index in [0.29, 0.717) is 10.8 Å². The van der Waals surface area contributed by atoms with Crippen LogP contribution in [-0.2, 0) is 0 Å². The number of aromatic nitrogens is 2. The number of nitrogens with zero attached hydrogens (tertiary/aromatic N) is 2. The summed E-state index contributed by atoms with van der Waals surface area (Å²) < 4.78 is 14.1. The van der Waals surface area contributed by atoms with Crippen LogP contribution in [0.2, 0.25) is 0 Å². The molecule has 2 N–H and O–H groups in total. The molecule has 22 heavy (non-hydrogen) atoms. The zero-order valence-corrected chi connectivity index (χ0v) is 14.0. The van der Waals surface area contributed by atoms with Gasteiger partial charge >= 0.3 is 0 Å². The largest absolute Gasteiger partial charge is 0.334 e. The number of rotatable bonds is 6. The molecule has 0 radical (unpaired) electrons. The Bertz CT molecular complexity index is 599. The van der Waals surface area contributed by atoms with E-state index in [1.54, 1.807) is 22.7 Å². The highest BCUT2D eigenvalue weighted by Crippen LogP contribution is 2.27. The lowest BCUT2D eigenvalue weighted by Gasteiger charge is -2.22. The van der Waals surface area contributed by atoms with Crippen molar-refractivity contribution in [2.75, 3.05) is 30.7 Å². The maximum Gasteiger partial charge on any atom is 0.210 e. The van der Waals surface area contributed by atoms with Crippen LogP contribution in [0.25, 0.3) is 0 Å². The quantitative estimate of drug-likeness (QED) is 0.794. The minimum atomic E-state index is -0.256. The molecule has 4 nitrogen and oxygen atoms in total. The number of piperidine rings is 1. The van der Waals surface area contributed by atoms with Gasteiger partial charge in [-0.25, -0.2) is 4.39 Å². The SMILES string of the molecule is Fc1cccc(Nc2nnc(SCC[NH+]3CCCCC3)s2)c1. The highest BCUT2D eigenvalue weighted by atomic mass is 32.2. The molecular weight excluding hydrogens is 319 g/mol. The van der Waals surface area contributed by atoms with Gasteiger partial charge in [-0.15, -0.1) is 10.2 Å². The third-order valence-electron chi connectivity index (χ3n) is 3.72. The van der Waals surface area contributed by atoms with Gasteiger partial charge in [0.05, 0.1) is 19.6 Å². The predicted octanol–water partition coefficient (Wildman–Crippen LogP) is 2.58. The van der Waals surface area contributed by atoms with Gasteiger partial charge in [0.15, 0.2) is 4.34 Å². The Hall–Kier alpha value is -1.18. The van der Waals surface area contributed by atoms with E-state index in [1.165, 1.54) is 62.4 Å². The fourth-order valence-electron chi connectivity index (χ4n) is 2.59.